The molecule has 1 unspecified atom stereocenters. The summed E-state index contributed by atoms with van der Waals surface area (Å²) >= 11 is 0. The second kappa shape index (κ2) is 9.13. The lowest BCUT2D eigenvalue weighted by molar-refractivity contribution is -0.124. The molecule has 1 atom stereocenters. The van der Waals surface area contributed by atoms with Gasteiger partial charge in [0.1, 0.15) is 0 Å². The lowest BCUT2D eigenvalue weighted by Gasteiger charge is -2.33. The predicted octanol–water partition coefficient (Wildman–Crippen LogP) is 2.29. The van der Waals surface area contributed by atoms with Gasteiger partial charge in [0.05, 0.1) is 11.7 Å². The lowest BCUT2D eigenvalue weighted by atomic mass is 10.00. The van der Waals surface area contributed by atoms with Crippen molar-refractivity contribution in [3.05, 3.63) is 60.1 Å². The van der Waals surface area contributed by atoms with E-state index in [4.69, 9.17) is 5.21 Å². The zero-order valence-electron chi connectivity index (χ0n) is 17.0. The molecule has 2 aromatic rings. The SMILES string of the molecule is CC(C)C(c1cc2ccccc2n1CCCO)N1C=C(C=CC(=O)NO)N(C)N1. The van der Waals surface area contributed by atoms with Crippen LogP contribution in [0.3, 0.4) is 0 Å². The molecule has 3 rings (SSSR count). The molecule has 0 radical (unpaired) electrons. The van der Waals surface area contributed by atoms with Gasteiger partial charge in [-0.3, -0.25) is 20.0 Å². The fourth-order valence-electron chi connectivity index (χ4n) is 3.74. The number of rotatable bonds is 8. The van der Waals surface area contributed by atoms with E-state index in [2.05, 4.69) is 42.1 Å². The molecule has 0 fully saturated rings. The zero-order valence-corrected chi connectivity index (χ0v) is 17.0. The molecule has 156 valence electrons. The third-order valence-electron chi connectivity index (χ3n) is 5.06. The first-order valence-electron chi connectivity index (χ1n) is 9.77. The van der Waals surface area contributed by atoms with Crippen LogP contribution in [0.1, 0.15) is 32.0 Å². The van der Waals surface area contributed by atoms with Gasteiger partial charge >= 0.3 is 0 Å². The molecule has 8 heteroatoms. The monoisotopic (exact) mass is 399 g/mol. The van der Waals surface area contributed by atoms with E-state index in [1.807, 2.05) is 35.4 Å². The van der Waals surface area contributed by atoms with Crippen LogP contribution in [0.5, 0.6) is 0 Å². The van der Waals surface area contributed by atoms with Gasteiger partial charge in [-0.15, -0.1) is 5.53 Å². The van der Waals surface area contributed by atoms with Gasteiger partial charge in [0, 0.05) is 43.7 Å². The molecule has 1 aromatic carbocycles. The number of fused-ring (bicyclic) bond motifs is 1. The fraction of sp³-hybridized carbons (Fsp3) is 0.381. The first-order valence-corrected chi connectivity index (χ1v) is 9.77. The van der Waals surface area contributed by atoms with Crippen molar-refractivity contribution in [2.75, 3.05) is 13.7 Å². The number of hydrogen-bond acceptors (Lipinski definition) is 6. The number of hydrazine groups is 2. The van der Waals surface area contributed by atoms with Crippen molar-refractivity contribution in [2.24, 2.45) is 5.92 Å². The molecule has 1 aliphatic heterocycles. The van der Waals surface area contributed by atoms with E-state index < -0.39 is 5.91 Å². The molecule has 1 aromatic heterocycles. The second-order valence-corrected chi connectivity index (χ2v) is 7.48. The smallest absolute Gasteiger partial charge is 0.267 e. The molecule has 4 N–H and O–H groups in total. The summed E-state index contributed by atoms with van der Waals surface area (Å²) in [4.78, 5) is 11.3. The number of amides is 1. The number of hydrogen-bond donors (Lipinski definition) is 4. The number of hydroxylamine groups is 1. The molecule has 0 saturated heterocycles. The molecule has 29 heavy (non-hydrogen) atoms. The summed E-state index contributed by atoms with van der Waals surface area (Å²) in [7, 11) is 1.87. The summed E-state index contributed by atoms with van der Waals surface area (Å²) < 4.78 is 2.28. The van der Waals surface area contributed by atoms with Crippen LogP contribution in [0.25, 0.3) is 10.9 Å². The number of allylic oxidation sites excluding steroid dienone is 1. The van der Waals surface area contributed by atoms with Crippen molar-refractivity contribution < 1.29 is 15.1 Å². The maximum absolute atomic E-state index is 11.3. The Morgan fingerprint density at radius 2 is 2.07 bits per heavy atom. The summed E-state index contributed by atoms with van der Waals surface area (Å²) in [6, 6.07) is 10.5. The van der Waals surface area contributed by atoms with Gasteiger partial charge in [0.15, 0.2) is 0 Å². The van der Waals surface area contributed by atoms with Crippen molar-refractivity contribution >= 4 is 16.8 Å². The third-order valence-corrected chi connectivity index (χ3v) is 5.06. The molecule has 8 nitrogen and oxygen atoms in total. The Kier molecular flexibility index (Phi) is 6.58. The second-order valence-electron chi connectivity index (χ2n) is 7.48. The van der Waals surface area contributed by atoms with Crippen molar-refractivity contribution in [1.82, 2.24) is 25.6 Å². The molecule has 0 saturated carbocycles. The van der Waals surface area contributed by atoms with E-state index in [1.54, 1.807) is 11.6 Å². The highest BCUT2D eigenvalue weighted by Gasteiger charge is 2.30. The van der Waals surface area contributed by atoms with E-state index in [0.717, 1.165) is 23.5 Å². The van der Waals surface area contributed by atoms with Crippen molar-refractivity contribution in [1.29, 1.82) is 0 Å². The summed E-state index contributed by atoms with van der Waals surface area (Å²) in [6.07, 6.45) is 5.54. The van der Waals surface area contributed by atoms with Crippen LogP contribution >= 0.6 is 0 Å². The number of aromatic nitrogens is 1. The Morgan fingerprint density at radius 3 is 2.76 bits per heavy atom. The summed E-state index contributed by atoms with van der Waals surface area (Å²) in [5, 5.41) is 23.1. The standard InChI is InChI=1S/C21H29N5O3/c1-15(2)21(26-14-17(24(3)23-26)9-10-20(28)22-29)19-13-16-7-4-5-8-18(16)25(19)11-6-12-27/h4-5,7-10,13-15,21,23,27,29H,6,11-12H2,1-3H3,(H,22,28). The topological polar surface area (TPSA) is 93.0 Å². The number of carbonyl (C=O) groups excluding carboxylic acids is 1. The fourth-order valence-corrected chi connectivity index (χ4v) is 3.74. The van der Waals surface area contributed by atoms with Crippen LogP contribution in [0.15, 0.2) is 54.4 Å². The minimum absolute atomic E-state index is 0.0288. The first-order chi connectivity index (χ1) is 14.0. The van der Waals surface area contributed by atoms with Crippen LogP contribution in [0.2, 0.25) is 0 Å². The highest BCUT2D eigenvalue weighted by molar-refractivity contribution is 5.86. The van der Waals surface area contributed by atoms with Crippen molar-refractivity contribution in [3.63, 3.8) is 0 Å². The number of likely N-dealkylation sites (N-methyl/N-ethyl adjacent to an activating group) is 1. The molecule has 0 spiro atoms. The largest absolute Gasteiger partial charge is 0.396 e. The maximum atomic E-state index is 11.3. The van der Waals surface area contributed by atoms with Gasteiger partial charge in [-0.1, -0.05) is 32.0 Å². The van der Waals surface area contributed by atoms with Crippen LogP contribution in [0, 0.1) is 5.92 Å². The van der Waals surface area contributed by atoms with E-state index in [9.17, 15) is 9.90 Å². The predicted molar refractivity (Wildman–Crippen MR) is 111 cm³/mol. The van der Waals surface area contributed by atoms with Crippen LogP contribution < -0.4 is 11.0 Å². The number of carbonyl (C=O) groups is 1. The summed E-state index contributed by atoms with van der Waals surface area (Å²) in [5.74, 6) is -0.296. The molecular weight excluding hydrogens is 370 g/mol. The first kappa shape index (κ1) is 20.9. The summed E-state index contributed by atoms with van der Waals surface area (Å²) in [6.45, 7) is 5.21. The van der Waals surface area contributed by atoms with E-state index in [1.165, 1.54) is 11.5 Å². The number of para-hydroxylation sites is 1. The highest BCUT2D eigenvalue weighted by Crippen LogP contribution is 2.34. The molecule has 1 aliphatic rings. The van der Waals surface area contributed by atoms with Gasteiger partial charge < -0.3 is 9.67 Å². The highest BCUT2D eigenvalue weighted by atomic mass is 16.5. The van der Waals surface area contributed by atoms with Crippen LogP contribution in [0.4, 0.5) is 0 Å². The van der Waals surface area contributed by atoms with Crippen LogP contribution in [-0.4, -0.2) is 44.5 Å². The number of nitrogens with zero attached hydrogens (tertiary/aromatic N) is 3. The minimum Gasteiger partial charge on any atom is -0.396 e. The Bertz CT molecular complexity index is 918. The maximum Gasteiger partial charge on any atom is 0.267 e. The quantitative estimate of drug-likeness (QED) is 0.309. The minimum atomic E-state index is -0.581. The van der Waals surface area contributed by atoms with Gasteiger partial charge in [-0.25, -0.2) is 5.48 Å². The van der Waals surface area contributed by atoms with Gasteiger partial charge in [0.25, 0.3) is 5.91 Å². The third kappa shape index (κ3) is 4.45. The van der Waals surface area contributed by atoms with Gasteiger partial charge in [-0.2, -0.15) is 0 Å². The van der Waals surface area contributed by atoms with Crippen molar-refractivity contribution in [3.8, 4) is 0 Å². The summed E-state index contributed by atoms with van der Waals surface area (Å²) in [5.41, 5.74) is 8.01. The molecular formula is C21H29N5O3. The van der Waals surface area contributed by atoms with E-state index in [-0.39, 0.29) is 18.6 Å². The van der Waals surface area contributed by atoms with Crippen molar-refractivity contribution in [2.45, 2.75) is 32.9 Å². The normalized spacial score (nSPS) is 15.6. The number of benzene rings is 1. The number of aliphatic hydroxyl groups excluding tert-OH is 1. The Labute approximate surface area is 170 Å². The molecule has 0 aliphatic carbocycles. The molecule has 0 bridgehead atoms. The average Bonchev–Trinajstić information content (AvgIpc) is 3.24. The Hall–Kier alpha value is -2.81. The van der Waals surface area contributed by atoms with Gasteiger partial charge in [0.2, 0.25) is 0 Å². The molecule has 2 heterocycles. The Balaban J connectivity index is 1.99. The van der Waals surface area contributed by atoms with Crippen LogP contribution in [-0.2, 0) is 11.3 Å². The number of nitrogens with one attached hydrogen (secondary N) is 2. The average molecular weight is 399 g/mol. The van der Waals surface area contributed by atoms with E-state index >= 15 is 0 Å². The Morgan fingerprint density at radius 1 is 1.31 bits per heavy atom. The number of aliphatic hydroxyl groups is 1. The zero-order chi connectivity index (χ0) is 21.0. The van der Waals surface area contributed by atoms with Gasteiger partial charge in [-0.05, 0) is 35.9 Å². The number of aryl methyl sites for hydroxylation is 1. The van der Waals surface area contributed by atoms with E-state index in [0.29, 0.717) is 6.42 Å². The lowest BCUT2D eigenvalue weighted by Crippen LogP contribution is -2.42. The molecule has 1 amide bonds.